The quantitative estimate of drug-likeness (QED) is 0.822. The summed E-state index contributed by atoms with van der Waals surface area (Å²) in [4.78, 5) is 17.4. The Kier molecular flexibility index (Phi) is 3.60. The average Bonchev–Trinajstić information content (AvgIpc) is 2.64. The summed E-state index contributed by atoms with van der Waals surface area (Å²) < 4.78 is 0. The molecule has 0 spiro atoms. The number of carbonyl (C=O) groups is 1. The van der Waals surface area contributed by atoms with Gasteiger partial charge in [0, 0.05) is 19.0 Å². The van der Waals surface area contributed by atoms with Gasteiger partial charge in [0.05, 0.1) is 6.04 Å². The zero-order valence-corrected chi connectivity index (χ0v) is 9.47. The molecule has 4 nitrogen and oxygen atoms in total. The molecule has 0 aliphatic carbocycles. The molecule has 0 saturated heterocycles. The molecule has 0 aliphatic rings. The third-order valence-electron chi connectivity index (χ3n) is 1.95. The van der Waals surface area contributed by atoms with Crippen molar-refractivity contribution in [1.82, 2.24) is 9.88 Å². The first-order valence-corrected chi connectivity index (χ1v) is 5.40. The molecule has 1 heterocycles. The first kappa shape index (κ1) is 11.1. The third kappa shape index (κ3) is 2.30. The number of nitrogens with two attached hydrogens (primary N) is 1. The van der Waals surface area contributed by atoms with Crippen LogP contribution in [-0.4, -0.2) is 29.4 Å². The van der Waals surface area contributed by atoms with Crippen LogP contribution in [0, 0.1) is 0 Å². The zero-order chi connectivity index (χ0) is 10.7. The molecule has 1 aromatic heterocycles. The highest BCUT2D eigenvalue weighted by molar-refractivity contribution is 7.09. The Morgan fingerprint density at radius 2 is 2.43 bits per heavy atom. The first-order valence-electron chi connectivity index (χ1n) is 4.52. The molecule has 1 atom stereocenters. The van der Waals surface area contributed by atoms with Crippen LogP contribution in [-0.2, 0) is 0 Å². The number of carbonyl (C=O) groups excluding carboxylic acids is 1. The van der Waals surface area contributed by atoms with E-state index < -0.39 is 0 Å². The normalized spacial score (nSPS) is 12.6. The molecular weight excluding hydrogens is 198 g/mol. The van der Waals surface area contributed by atoms with Crippen LogP contribution in [0.4, 0.5) is 0 Å². The maximum absolute atomic E-state index is 11.6. The van der Waals surface area contributed by atoms with Crippen molar-refractivity contribution in [3.8, 4) is 0 Å². The van der Waals surface area contributed by atoms with Crippen LogP contribution in [0.3, 0.4) is 0 Å². The Bertz CT molecular complexity index is 322. The predicted octanol–water partition coefficient (Wildman–Crippen LogP) is 1.25. The Balaban J connectivity index is 2.81. The van der Waals surface area contributed by atoms with Crippen LogP contribution < -0.4 is 5.73 Å². The fourth-order valence-electron chi connectivity index (χ4n) is 0.934. The first-order chi connectivity index (χ1) is 6.56. The van der Waals surface area contributed by atoms with Crippen LogP contribution in [0.5, 0.6) is 0 Å². The fourth-order valence-corrected chi connectivity index (χ4v) is 1.69. The second-order valence-corrected chi connectivity index (χ2v) is 4.07. The Labute approximate surface area is 87.7 Å². The topological polar surface area (TPSA) is 59.2 Å². The molecule has 1 aromatic rings. The highest BCUT2D eigenvalue weighted by atomic mass is 32.1. The number of rotatable bonds is 3. The summed E-state index contributed by atoms with van der Waals surface area (Å²) >= 11 is 1.43. The Morgan fingerprint density at radius 3 is 2.86 bits per heavy atom. The molecule has 0 aliphatic heterocycles. The summed E-state index contributed by atoms with van der Waals surface area (Å²) in [7, 11) is 1.76. The number of thiazole rings is 1. The summed E-state index contributed by atoms with van der Waals surface area (Å²) in [5, 5.41) is 2.56. The molecule has 0 aromatic carbocycles. The molecule has 1 amide bonds. The second-order valence-electron chi connectivity index (χ2n) is 3.18. The van der Waals surface area contributed by atoms with E-state index in [9.17, 15) is 4.79 Å². The van der Waals surface area contributed by atoms with E-state index in [1.54, 1.807) is 17.3 Å². The van der Waals surface area contributed by atoms with Gasteiger partial charge in [-0.3, -0.25) is 4.79 Å². The van der Waals surface area contributed by atoms with Gasteiger partial charge in [0.1, 0.15) is 10.7 Å². The largest absolute Gasteiger partial charge is 0.341 e. The van der Waals surface area contributed by atoms with Crippen LogP contribution >= 0.6 is 11.3 Å². The molecule has 0 radical (unpaired) electrons. The third-order valence-corrected chi connectivity index (χ3v) is 3.00. The Morgan fingerprint density at radius 1 is 1.79 bits per heavy atom. The van der Waals surface area contributed by atoms with Crippen LogP contribution in [0.15, 0.2) is 5.38 Å². The molecule has 0 saturated carbocycles. The molecule has 78 valence electrons. The lowest BCUT2D eigenvalue weighted by molar-refractivity contribution is 0.0797. The summed E-state index contributed by atoms with van der Waals surface area (Å²) in [6.07, 6.45) is 0. The van der Waals surface area contributed by atoms with E-state index in [0.717, 1.165) is 5.01 Å². The molecule has 14 heavy (non-hydrogen) atoms. The maximum Gasteiger partial charge on any atom is 0.273 e. The van der Waals surface area contributed by atoms with Gasteiger partial charge in [0.2, 0.25) is 0 Å². The van der Waals surface area contributed by atoms with Crippen LogP contribution in [0.1, 0.15) is 35.4 Å². The summed E-state index contributed by atoms with van der Waals surface area (Å²) in [6, 6.07) is -0.103. The lowest BCUT2D eigenvalue weighted by atomic mass is 10.4. The van der Waals surface area contributed by atoms with Crippen LogP contribution in [0.2, 0.25) is 0 Å². The minimum absolute atomic E-state index is 0.0457. The highest BCUT2D eigenvalue weighted by Gasteiger charge is 2.15. The highest BCUT2D eigenvalue weighted by Crippen LogP contribution is 2.16. The number of amides is 1. The number of hydrogen-bond donors (Lipinski definition) is 1. The van der Waals surface area contributed by atoms with Gasteiger partial charge >= 0.3 is 0 Å². The van der Waals surface area contributed by atoms with Crippen molar-refractivity contribution >= 4 is 17.2 Å². The molecule has 2 N–H and O–H groups in total. The van der Waals surface area contributed by atoms with E-state index in [4.69, 9.17) is 5.73 Å². The van der Waals surface area contributed by atoms with Crippen molar-refractivity contribution in [3.05, 3.63) is 16.1 Å². The van der Waals surface area contributed by atoms with Crippen molar-refractivity contribution in [1.29, 1.82) is 0 Å². The van der Waals surface area contributed by atoms with Gasteiger partial charge in [0.15, 0.2) is 0 Å². The van der Waals surface area contributed by atoms with Gasteiger partial charge in [-0.15, -0.1) is 11.3 Å². The van der Waals surface area contributed by atoms with E-state index >= 15 is 0 Å². The predicted molar refractivity (Wildman–Crippen MR) is 57.4 cm³/mol. The standard InChI is InChI=1S/C9H15N3OS/c1-4-12(3)9(13)7-5-14-8(11-7)6(2)10/h5-6H,4,10H2,1-3H3. The van der Waals surface area contributed by atoms with Crippen molar-refractivity contribution < 1.29 is 4.79 Å². The minimum atomic E-state index is -0.103. The lowest BCUT2D eigenvalue weighted by Crippen LogP contribution is -2.26. The molecule has 0 bridgehead atoms. The fraction of sp³-hybridized carbons (Fsp3) is 0.556. The van der Waals surface area contributed by atoms with Crippen molar-refractivity contribution in [2.75, 3.05) is 13.6 Å². The van der Waals surface area contributed by atoms with Gasteiger partial charge in [-0.25, -0.2) is 4.98 Å². The Hall–Kier alpha value is -0.940. The lowest BCUT2D eigenvalue weighted by Gasteiger charge is -2.11. The zero-order valence-electron chi connectivity index (χ0n) is 8.65. The summed E-state index contributed by atoms with van der Waals surface area (Å²) in [5.41, 5.74) is 6.15. The average molecular weight is 213 g/mol. The number of aromatic nitrogens is 1. The van der Waals surface area contributed by atoms with Crippen molar-refractivity contribution in [2.24, 2.45) is 5.73 Å². The second kappa shape index (κ2) is 4.52. The van der Waals surface area contributed by atoms with E-state index in [0.29, 0.717) is 12.2 Å². The van der Waals surface area contributed by atoms with Gasteiger partial charge in [-0.2, -0.15) is 0 Å². The maximum atomic E-state index is 11.6. The molecular formula is C9H15N3OS. The van der Waals surface area contributed by atoms with E-state index in [-0.39, 0.29) is 11.9 Å². The van der Waals surface area contributed by atoms with Gasteiger partial charge in [-0.05, 0) is 13.8 Å². The minimum Gasteiger partial charge on any atom is -0.341 e. The molecule has 1 unspecified atom stereocenters. The summed E-state index contributed by atoms with van der Waals surface area (Å²) in [6.45, 7) is 4.47. The summed E-state index contributed by atoms with van der Waals surface area (Å²) in [5.74, 6) is -0.0457. The van der Waals surface area contributed by atoms with Crippen molar-refractivity contribution in [2.45, 2.75) is 19.9 Å². The molecule has 5 heteroatoms. The SMILES string of the molecule is CCN(C)C(=O)c1csc(C(C)N)n1. The molecule has 0 fully saturated rings. The number of nitrogens with zero attached hydrogens (tertiary/aromatic N) is 2. The van der Waals surface area contributed by atoms with Gasteiger partial charge in [0.25, 0.3) is 5.91 Å². The monoisotopic (exact) mass is 213 g/mol. The number of hydrogen-bond acceptors (Lipinski definition) is 4. The van der Waals surface area contributed by atoms with E-state index in [1.807, 2.05) is 13.8 Å². The van der Waals surface area contributed by atoms with E-state index in [1.165, 1.54) is 11.3 Å². The smallest absolute Gasteiger partial charge is 0.273 e. The van der Waals surface area contributed by atoms with E-state index in [2.05, 4.69) is 4.98 Å². The molecule has 1 rings (SSSR count). The van der Waals surface area contributed by atoms with Gasteiger partial charge in [-0.1, -0.05) is 0 Å². The van der Waals surface area contributed by atoms with Crippen LogP contribution in [0.25, 0.3) is 0 Å². The van der Waals surface area contributed by atoms with Gasteiger partial charge < -0.3 is 10.6 Å². The van der Waals surface area contributed by atoms with Crippen molar-refractivity contribution in [3.63, 3.8) is 0 Å².